The molecule has 1 saturated heterocycles. The zero-order valence-electron chi connectivity index (χ0n) is 27.8. The first kappa shape index (κ1) is 36.7. The third kappa shape index (κ3) is 7.62. The maximum atomic E-state index is 13.2. The van der Waals surface area contributed by atoms with Crippen molar-refractivity contribution in [3.63, 3.8) is 0 Å². The summed E-state index contributed by atoms with van der Waals surface area (Å²) in [4.78, 5) is 76.1. The largest absolute Gasteiger partial charge is 0.462 e. The molecule has 0 unspecified atom stereocenters. The van der Waals surface area contributed by atoms with E-state index in [9.17, 15) is 33.9 Å². The lowest BCUT2D eigenvalue weighted by Gasteiger charge is -2.55. The third-order valence-corrected chi connectivity index (χ3v) is 9.13. The fourth-order valence-electron chi connectivity index (χ4n) is 7.00. The average Bonchev–Trinajstić information content (AvgIpc) is 3.13. The normalized spacial score (nSPS) is 35.3. The summed E-state index contributed by atoms with van der Waals surface area (Å²) in [6, 6.07) is 0. The molecule has 13 nitrogen and oxygen atoms in total. The van der Waals surface area contributed by atoms with Gasteiger partial charge in [0.2, 0.25) is 0 Å². The summed E-state index contributed by atoms with van der Waals surface area (Å²) in [6.07, 6.45) is -4.75. The van der Waals surface area contributed by atoms with Crippen molar-refractivity contribution in [2.45, 2.75) is 117 Å². The highest BCUT2D eigenvalue weighted by Gasteiger charge is 2.68. The lowest BCUT2D eigenvalue weighted by Crippen LogP contribution is -2.66. The van der Waals surface area contributed by atoms with E-state index in [0.717, 1.165) is 6.92 Å². The van der Waals surface area contributed by atoms with E-state index in [4.69, 9.17) is 28.4 Å². The molecular weight excluding hydrogens is 604 g/mol. The number of esters is 6. The minimum Gasteiger partial charge on any atom is -0.462 e. The highest BCUT2D eigenvalue weighted by atomic mass is 16.6. The van der Waals surface area contributed by atoms with Crippen molar-refractivity contribution in [1.82, 2.24) is 0 Å². The number of carbonyl (C=O) groups excluding carboxylic acids is 6. The first-order valence-corrected chi connectivity index (χ1v) is 15.5. The monoisotopic (exact) mass is 650 g/mol. The molecule has 1 aliphatic heterocycles. The lowest BCUT2D eigenvalue weighted by atomic mass is 9.54. The molecule has 0 spiro atoms. The van der Waals surface area contributed by atoms with Crippen molar-refractivity contribution < 1.29 is 62.3 Å². The first-order chi connectivity index (χ1) is 21.3. The second-order valence-corrected chi connectivity index (χ2v) is 13.1. The van der Waals surface area contributed by atoms with Gasteiger partial charge in [0.1, 0.15) is 31.0 Å². The number of rotatable bonds is 8. The standard InChI is InChI=1S/C33H46O13/c1-16(2)12-28(38)41-15-23-13-27-33(40,18(4)31(39)46-27)30(45-22(8)37)29-17(3)10-11-25(43-20(6)35)32(29,9)26(44-21(7)36)14-24(23)42-19(5)34/h13,16,18,24-27,29-30,40H,3,10-12,14-15H2,1-2,4-9H3/b23-13-/t18-,24+,25-,26-,27-,29+,30-,32+,33-/m0/s1. The van der Waals surface area contributed by atoms with Gasteiger partial charge in [0.15, 0.2) is 11.7 Å². The van der Waals surface area contributed by atoms with Gasteiger partial charge >= 0.3 is 35.8 Å². The summed E-state index contributed by atoms with van der Waals surface area (Å²) < 4.78 is 34.6. The van der Waals surface area contributed by atoms with Gasteiger partial charge in [-0.1, -0.05) is 32.9 Å². The van der Waals surface area contributed by atoms with Crippen LogP contribution in [0.4, 0.5) is 0 Å². The van der Waals surface area contributed by atoms with E-state index in [2.05, 4.69) is 6.58 Å². The highest BCUT2D eigenvalue weighted by Crippen LogP contribution is 2.56. The Kier molecular flexibility index (Phi) is 11.5. The molecule has 256 valence electrons. The van der Waals surface area contributed by atoms with Crippen LogP contribution in [0.1, 0.15) is 81.1 Å². The van der Waals surface area contributed by atoms with Crippen molar-refractivity contribution in [2.75, 3.05) is 6.61 Å². The third-order valence-electron chi connectivity index (χ3n) is 9.13. The van der Waals surface area contributed by atoms with Gasteiger partial charge in [0, 0.05) is 52.0 Å². The van der Waals surface area contributed by atoms with E-state index in [1.807, 2.05) is 13.8 Å². The van der Waals surface area contributed by atoms with E-state index < -0.39 is 95.8 Å². The van der Waals surface area contributed by atoms with Crippen molar-refractivity contribution in [3.8, 4) is 0 Å². The summed E-state index contributed by atoms with van der Waals surface area (Å²) in [5.74, 6) is -6.60. The summed E-state index contributed by atoms with van der Waals surface area (Å²) in [6.45, 7) is 15.2. The maximum absolute atomic E-state index is 13.2. The predicted molar refractivity (Wildman–Crippen MR) is 159 cm³/mol. The Balaban J connectivity index is 2.41. The molecule has 0 amide bonds. The SMILES string of the molecule is C=C1CC[C@H](OC(C)=O)[C@]2(C)[C@@H](OC(C)=O)C[C@@H](OC(C)=O)/C(COC(=O)CC(C)C)=C\[C@@H]3OC(=O)[C@H](C)[C@@]3(O)[C@@H](OC(C)=O)[C@@H]12. The average molecular weight is 651 g/mol. The van der Waals surface area contributed by atoms with Gasteiger partial charge in [-0.15, -0.1) is 0 Å². The van der Waals surface area contributed by atoms with Crippen LogP contribution in [0.3, 0.4) is 0 Å². The van der Waals surface area contributed by atoms with E-state index in [1.54, 1.807) is 6.92 Å². The Morgan fingerprint density at radius 3 is 2.09 bits per heavy atom. The maximum Gasteiger partial charge on any atom is 0.312 e. The van der Waals surface area contributed by atoms with Gasteiger partial charge in [-0.25, -0.2) is 0 Å². The van der Waals surface area contributed by atoms with E-state index in [-0.39, 0.29) is 37.2 Å². The van der Waals surface area contributed by atoms with Crippen LogP contribution in [0.25, 0.3) is 0 Å². The number of hydrogen-bond acceptors (Lipinski definition) is 13. The quantitative estimate of drug-likeness (QED) is 0.231. The van der Waals surface area contributed by atoms with Crippen LogP contribution in [-0.4, -0.2) is 83.7 Å². The molecule has 0 aromatic rings. The Morgan fingerprint density at radius 2 is 1.54 bits per heavy atom. The van der Waals surface area contributed by atoms with Crippen LogP contribution in [0.5, 0.6) is 0 Å². The van der Waals surface area contributed by atoms with Crippen molar-refractivity contribution in [2.24, 2.45) is 23.2 Å². The van der Waals surface area contributed by atoms with E-state index in [0.29, 0.717) is 5.57 Å². The molecule has 1 saturated carbocycles. The van der Waals surface area contributed by atoms with Gasteiger partial charge in [-0.3, -0.25) is 28.8 Å². The molecule has 9 atom stereocenters. The van der Waals surface area contributed by atoms with Gasteiger partial charge in [0.05, 0.1) is 11.3 Å². The molecule has 0 radical (unpaired) electrons. The molecule has 3 rings (SSSR count). The van der Waals surface area contributed by atoms with Crippen molar-refractivity contribution >= 4 is 35.8 Å². The van der Waals surface area contributed by atoms with Crippen LogP contribution in [0.2, 0.25) is 0 Å². The van der Waals surface area contributed by atoms with Crippen LogP contribution in [0.15, 0.2) is 23.8 Å². The topological polar surface area (TPSA) is 178 Å². The molecule has 0 aromatic heterocycles. The minimum absolute atomic E-state index is 0.0242. The summed E-state index contributed by atoms with van der Waals surface area (Å²) in [5.41, 5.74) is -3.14. The molecular formula is C33H46O13. The molecule has 0 aromatic carbocycles. The van der Waals surface area contributed by atoms with Gasteiger partial charge in [-0.2, -0.15) is 0 Å². The lowest BCUT2D eigenvalue weighted by molar-refractivity contribution is -0.222. The van der Waals surface area contributed by atoms with Gasteiger partial charge in [0.25, 0.3) is 0 Å². The van der Waals surface area contributed by atoms with Crippen LogP contribution >= 0.6 is 0 Å². The predicted octanol–water partition coefficient (Wildman–Crippen LogP) is 2.90. The molecule has 1 heterocycles. The van der Waals surface area contributed by atoms with Gasteiger partial charge < -0.3 is 33.5 Å². The Morgan fingerprint density at radius 1 is 0.978 bits per heavy atom. The Hall–Kier alpha value is -3.74. The number of hydrogen-bond donors (Lipinski definition) is 1. The Bertz CT molecular complexity index is 1280. The summed E-state index contributed by atoms with van der Waals surface area (Å²) in [7, 11) is 0. The number of fused-ring (bicyclic) bond motifs is 2. The molecule has 2 aliphatic carbocycles. The zero-order chi connectivity index (χ0) is 34.7. The van der Waals surface area contributed by atoms with Crippen molar-refractivity contribution in [3.05, 3.63) is 23.8 Å². The zero-order valence-corrected chi connectivity index (χ0v) is 27.8. The molecule has 1 N–H and O–H groups in total. The number of ether oxygens (including phenoxy) is 6. The van der Waals surface area contributed by atoms with Crippen LogP contribution < -0.4 is 0 Å². The Labute approximate surface area is 268 Å². The molecule has 0 bridgehead atoms. The van der Waals surface area contributed by atoms with E-state index >= 15 is 0 Å². The second-order valence-electron chi connectivity index (χ2n) is 13.1. The molecule has 3 aliphatic rings. The first-order valence-electron chi connectivity index (χ1n) is 15.5. The molecule has 13 heteroatoms. The second kappa shape index (κ2) is 14.4. The fourth-order valence-corrected chi connectivity index (χ4v) is 7.00. The summed E-state index contributed by atoms with van der Waals surface area (Å²) >= 11 is 0. The van der Waals surface area contributed by atoms with Crippen LogP contribution in [-0.2, 0) is 57.2 Å². The van der Waals surface area contributed by atoms with Gasteiger partial charge in [-0.05, 0) is 31.8 Å². The smallest absolute Gasteiger partial charge is 0.312 e. The number of carbonyl (C=O) groups is 6. The highest BCUT2D eigenvalue weighted by molar-refractivity contribution is 5.78. The number of aliphatic hydroxyl groups is 1. The van der Waals surface area contributed by atoms with Crippen molar-refractivity contribution in [1.29, 1.82) is 0 Å². The molecule has 46 heavy (non-hydrogen) atoms. The summed E-state index contributed by atoms with van der Waals surface area (Å²) in [5, 5.41) is 12.6. The fraction of sp³-hybridized carbons (Fsp3) is 0.697. The minimum atomic E-state index is -2.26. The van der Waals surface area contributed by atoms with Crippen LogP contribution in [0, 0.1) is 23.2 Å². The van der Waals surface area contributed by atoms with E-state index in [1.165, 1.54) is 33.8 Å². The molecule has 2 fully saturated rings.